The number of aryl methyl sites for hydroxylation is 2. The van der Waals surface area contributed by atoms with E-state index in [1.54, 1.807) is 11.8 Å². The maximum absolute atomic E-state index is 6.12. The van der Waals surface area contributed by atoms with Gasteiger partial charge in [0.2, 0.25) is 0 Å². The Hall–Kier alpha value is -1.45. The van der Waals surface area contributed by atoms with E-state index in [1.807, 2.05) is 12.1 Å². The van der Waals surface area contributed by atoms with Gasteiger partial charge in [0.05, 0.1) is 0 Å². The molecule has 0 bridgehead atoms. The van der Waals surface area contributed by atoms with Crippen LogP contribution < -0.4 is 10.5 Å². The van der Waals surface area contributed by atoms with Gasteiger partial charge in [-0.2, -0.15) is 0 Å². The maximum Gasteiger partial charge on any atom is 0.133 e. The molecule has 0 unspecified atom stereocenters. The number of fused-ring (bicyclic) bond motifs is 1. The molecule has 0 aliphatic heterocycles. The van der Waals surface area contributed by atoms with Gasteiger partial charge in [-0.25, -0.2) is 0 Å². The highest BCUT2D eigenvalue weighted by atomic mass is 32.2. The van der Waals surface area contributed by atoms with E-state index in [0.29, 0.717) is 6.54 Å². The van der Waals surface area contributed by atoms with E-state index in [-0.39, 0.29) is 0 Å². The van der Waals surface area contributed by atoms with Crippen molar-refractivity contribution in [2.45, 2.75) is 37.1 Å². The summed E-state index contributed by atoms with van der Waals surface area (Å²) < 4.78 is 6.12. The van der Waals surface area contributed by atoms with Crippen molar-refractivity contribution in [1.82, 2.24) is 0 Å². The number of rotatable bonds is 4. The van der Waals surface area contributed by atoms with Gasteiger partial charge in [-0.3, -0.25) is 0 Å². The van der Waals surface area contributed by atoms with E-state index in [0.717, 1.165) is 17.1 Å². The molecule has 2 N–H and O–H groups in total. The molecule has 0 fully saturated rings. The second-order valence-corrected chi connectivity index (χ2v) is 6.23. The van der Waals surface area contributed by atoms with Crippen LogP contribution in [0.4, 0.5) is 0 Å². The summed E-state index contributed by atoms with van der Waals surface area (Å²) in [6.07, 6.45) is 7.02. The van der Waals surface area contributed by atoms with Crippen LogP contribution in [0.15, 0.2) is 41.3 Å². The fraction of sp³-hybridized carbons (Fsp3) is 0.333. The van der Waals surface area contributed by atoms with Crippen LogP contribution in [-0.4, -0.2) is 6.26 Å². The molecule has 0 heterocycles. The summed E-state index contributed by atoms with van der Waals surface area (Å²) in [6, 6.07) is 12.6. The smallest absolute Gasteiger partial charge is 0.133 e. The molecule has 0 saturated heterocycles. The molecule has 2 aromatic carbocycles. The first-order valence-electron chi connectivity index (χ1n) is 7.47. The molecule has 3 rings (SSSR count). The summed E-state index contributed by atoms with van der Waals surface area (Å²) in [5, 5.41) is 0. The first-order valence-corrected chi connectivity index (χ1v) is 8.70. The van der Waals surface area contributed by atoms with E-state index in [4.69, 9.17) is 10.5 Å². The minimum Gasteiger partial charge on any atom is -0.457 e. The van der Waals surface area contributed by atoms with Gasteiger partial charge in [-0.1, -0.05) is 12.1 Å². The van der Waals surface area contributed by atoms with Crippen molar-refractivity contribution in [3.63, 3.8) is 0 Å². The predicted octanol–water partition coefficient (Wildman–Crippen LogP) is 4.54. The highest BCUT2D eigenvalue weighted by Gasteiger charge is 2.12. The Bertz CT molecular complexity index is 639. The normalized spacial score (nSPS) is 13.8. The van der Waals surface area contributed by atoms with Crippen molar-refractivity contribution in [3.8, 4) is 11.5 Å². The van der Waals surface area contributed by atoms with Gasteiger partial charge in [0, 0.05) is 17.0 Å². The van der Waals surface area contributed by atoms with Crippen molar-refractivity contribution in [1.29, 1.82) is 0 Å². The second-order valence-electron chi connectivity index (χ2n) is 5.38. The average Bonchev–Trinajstić information content (AvgIpc) is 2.54. The summed E-state index contributed by atoms with van der Waals surface area (Å²) in [6.45, 7) is 0.497. The van der Waals surface area contributed by atoms with Crippen molar-refractivity contribution in [2.24, 2.45) is 5.73 Å². The average molecular weight is 299 g/mol. The largest absolute Gasteiger partial charge is 0.457 e. The third-order valence-electron chi connectivity index (χ3n) is 4.06. The molecule has 0 radical (unpaired) electrons. The first-order chi connectivity index (χ1) is 10.3. The number of hydrogen-bond donors (Lipinski definition) is 1. The summed E-state index contributed by atoms with van der Waals surface area (Å²) in [4.78, 5) is 1.19. The van der Waals surface area contributed by atoms with E-state index < -0.39 is 0 Å². The van der Waals surface area contributed by atoms with Gasteiger partial charge in [-0.15, -0.1) is 11.8 Å². The topological polar surface area (TPSA) is 35.2 Å². The summed E-state index contributed by atoms with van der Waals surface area (Å²) >= 11 is 1.71. The molecule has 0 spiro atoms. The molecule has 0 amide bonds. The molecule has 110 valence electrons. The van der Waals surface area contributed by atoms with Gasteiger partial charge >= 0.3 is 0 Å². The molecule has 21 heavy (non-hydrogen) atoms. The molecule has 2 aromatic rings. The molecule has 0 saturated carbocycles. The fourth-order valence-electron chi connectivity index (χ4n) is 2.93. The number of hydrogen-bond acceptors (Lipinski definition) is 3. The molecule has 2 nitrogen and oxygen atoms in total. The predicted molar refractivity (Wildman–Crippen MR) is 89.3 cm³/mol. The summed E-state index contributed by atoms with van der Waals surface area (Å²) in [5.41, 5.74) is 9.90. The zero-order valence-electron chi connectivity index (χ0n) is 12.4. The standard InChI is InChI=1S/C18H21NOS/c1-21-18-8-4-7-17(16(18)12-19)20-15-10-9-13-5-2-3-6-14(13)11-15/h4,7-11H,2-3,5-6,12,19H2,1H3. The van der Waals surface area contributed by atoms with Crippen LogP contribution in [0.3, 0.4) is 0 Å². The Labute approximate surface area is 130 Å². The molecular formula is C18H21NOS. The van der Waals surface area contributed by atoms with Crippen molar-refractivity contribution >= 4 is 11.8 Å². The van der Waals surface area contributed by atoms with E-state index in [2.05, 4.69) is 30.5 Å². The third kappa shape index (κ3) is 3.09. The van der Waals surface area contributed by atoms with E-state index in [9.17, 15) is 0 Å². The highest BCUT2D eigenvalue weighted by Crippen LogP contribution is 2.33. The molecule has 0 atom stereocenters. The van der Waals surface area contributed by atoms with Gasteiger partial charge < -0.3 is 10.5 Å². The molecule has 1 aliphatic carbocycles. The van der Waals surface area contributed by atoms with Crippen LogP contribution in [0, 0.1) is 0 Å². The van der Waals surface area contributed by atoms with Gasteiger partial charge in [0.25, 0.3) is 0 Å². The Morgan fingerprint density at radius 1 is 1.10 bits per heavy atom. The third-order valence-corrected chi connectivity index (χ3v) is 4.88. The van der Waals surface area contributed by atoms with Crippen molar-refractivity contribution < 1.29 is 4.74 Å². The lowest BCUT2D eigenvalue weighted by Crippen LogP contribution is -2.04. The quantitative estimate of drug-likeness (QED) is 0.842. The number of benzene rings is 2. The monoisotopic (exact) mass is 299 g/mol. The second kappa shape index (κ2) is 6.54. The summed E-state index contributed by atoms with van der Waals surface area (Å²) in [7, 11) is 0. The van der Waals surface area contributed by atoms with Crippen LogP contribution in [0.2, 0.25) is 0 Å². The Morgan fingerprint density at radius 3 is 2.67 bits per heavy atom. The number of ether oxygens (including phenoxy) is 1. The summed E-state index contributed by atoms with van der Waals surface area (Å²) in [5.74, 6) is 1.80. The minimum absolute atomic E-state index is 0.497. The first kappa shape index (κ1) is 14.5. The fourth-order valence-corrected chi connectivity index (χ4v) is 3.58. The molecule has 3 heteroatoms. The van der Waals surface area contributed by atoms with E-state index >= 15 is 0 Å². The van der Waals surface area contributed by atoms with Crippen LogP contribution in [0.25, 0.3) is 0 Å². The zero-order chi connectivity index (χ0) is 14.7. The van der Waals surface area contributed by atoms with E-state index in [1.165, 1.54) is 41.7 Å². The Morgan fingerprint density at radius 2 is 1.90 bits per heavy atom. The Balaban J connectivity index is 1.90. The minimum atomic E-state index is 0.497. The Kier molecular flexibility index (Phi) is 4.51. The van der Waals surface area contributed by atoms with Gasteiger partial charge in [0.1, 0.15) is 11.5 Å². The highest BCUT2D eigenvalue weighted by molar-refractivity contribution is 7.98. The van der Waals surface area contributed by atoms with Crippen LogP contribution in [-0.2, 0) is 19.4 Å². The number of thioether (sulfide) groups is 1. The van der Waals surface area contributed by atoms with Crippen LogP contribution in [0.1, 0.15) is 29.5 Å². The lowest BCUT2D eigenvalue weighted by molar-refractivity contribution is 0.472. The van der Waals surface area contributed by atoms with Crippen molar-refractivity contribution in [3.05, 3.63) is 53.1 Å². The lowest BCUT2D eigenvalue weighted by Gasteiger charge is -2.18. The lowest BCUT2D eigenvalue weighted by atomic mass is 9.92. The molecular weight excluding hydrogens is 278 g/mol. The van der Waals surface area contributed by atoms with Crippen molar-refractivity contribution in [2.75, 3.05) is 6.26 Å². The zero-order valence-corrected chi connectivity index (χ0v) is 13.2. The van der Waals surface area contributed by atoms with Crippen LogP contribution >= 0.6 is 11.8 Å². The number of nitrogens with two attached hydrogens (primary N) is 1. The van der Waals surface area contributed by atoms with Gasteiger partial charge in [-0.05, 0) is 67.3 Å². The molecule has 0 aromatic heterocycles. The molecule has 1 aliphatic rings. The van der Waals surface area contributed by atoms with Crippen LogP contribution in [0.5, 0.6) is 11.5 Å². The SMILES string of the molecule is CSc1cccc(Oc2ccc3c(c2)CCCC3)c1CN. The van der Waals surface area contributed by atoms with Gasteiger partial charge in [0.15, 0.2) is 0 Å². The maximum atomic E-state index is 6.12.